The van der Waals surface area contributed by atoms with Gasteiger partial charge in [0.25, 0.3) is 0 Å². The molecule has 1 aromatic rings. The summed E-state index contributed by atoms with van der Waals surface area (Å²) >= 11 is 0. The molecule has 0 bridgehead atoms. The lowest BCUT2D eigenvalue weighted by Gasteiger charge is -2.13. The highest BCUT2D eigenvalue weighted by Gasteiger charge is 2.15. The van der Waals surface area contributed by atoms with E-state index < -0.39 is 0 Å². The normalized spacial score (nSPS) is 16.8. The van der Waals surface area contributed by atoms with Crippen LogP contribution in [-0.2, 0) is 9.47 Å². The average molecular weight is 477 g/mol. The maximum Gasteiger partial charge on any atom is 0.191 e. The first-order valence-electron chi connectivity index (χ1n) is 9.19. The summed E-state index contributed by atoms with van der Waals surface area (Å²) in [7, 11) is 0. The van der Waals surface area contributed by atoms with Crippen LogP contribution in [0.5, 0.6) is 5.75 Å². The summed E-state index contributed by atoms with van der Waals surface area (Å²) in [4.78, 5) is 4.57. The van der Waals surface area contributed by atoms with Crippen molar-refractivity contribution in [3.63, 3.8) is 0 Å². The van der Waals surface area contributed by atoms with E-state index in [-0.39, 0.29) is 30.1 Å². The van der Waals surface area contributed by atoms with E-state index >= 15 is 0 Å². The second-order valence-electron chi connectivity index (χ2n) is 6.01. The van der Waals surface area contributed by atoms with Crippen molar-refractivity contribution in [1.82, 2.24) is 10.6 Å². The molecular weight excluding hydrogens is 445 g/mol. The molecule has 0 spiro atoms. The molecule has 2 N–H and O–H groups in total. The predicted molar refractivity (Wildman–Crippen MR) is 116 cm³/mol. The smallest absolute Gasteiger partial charge is 0.191 e. The van der Waals surface area contributed by atoms with E-state index in [4.69, 9.17) is 14.2 Å². The van der Waals surface area contributed by atoms with E-state index in [1.165, 1.54) is 0 Å². The lowest BCUT2D eigenvalue weighted by Crippen LogP contribution is -2.39. The SMILES string of the molecule is CCNC(=NCCCOC1CCOC1)NCCOc1ccccc1C.I. The van der Waals surface area contributed by atoms with Crippen LogP contribution in [0.4, 0.5) is 0 Å². The van der Waals surface area contributed by atoms with Crippen LogP contribution in [0.1, 0.15) is 25.3 Å². The van der Waals surface area contributed by atoms with Crippen molar-refractivity contribution >= 4 is 29.9 Å². The first kappa shape index (κ1) is 23.0. The van der Waals surface area contributed by atoms with Crippen LogP contribution in [-0.4, -0.2) is 58.1 Å². The van der Waals surface area contributed by atoms with Gasteiger partial charge in [0.15, 0.2) is 5.96 Å². The Morgan fingerprint density at radius 2 is 2.12 bits per heavy atom. The van der Waals surface area contributed by atoms with Crippen molar-refractivity contribution < 1.29 is 14.2 Å². The summed E-state index contributed by atoms with van der Waals surface area (Å²) in [5.74, 6) is 1.75. The molecule has 6 nitrogen and oxygen atoms in total. The Morgan fingerprint density at radius 3 is 2.85 bits per heavy atom. The van der Waals surface area contributed by atoms with Gasteiger partial charge in [0.05, 0.1) is 19.3 Å². The van der Waals surface area contributed by atoms with E-state index in [1.807, 2.05) is 31.2 Å². The molecule has 0 radical (unpaired) electrons. The highest BCUT2D eigenvalue weighted by molar-refractivity contribution is 14.0. The number of hydrogen-bond acceptors (Lipinski definition) is 4. The first-order chi connectivity index (χ1) is 12.3. The van der Waals surface area contributed by atoms with Crippen LogP contribution in [0, 0.1) is 6.92 Å². The number of aliphatic imine (C=N–C) groups is 1. The number of halogens is 1. The number of benzene rings is 1. The Bertz CT molecular complexity index is 523. The Morgan fingerprint density at radius 1 is 1.27 bits per heavy atom. The van der Waals surface area contributed by atoms with Gasteiger partial charge >= 0.3 is 0 Å². The molecule has 26 heavy (non-hydrogen) atoms. The number of guanidine groups is 1. The Kier molecular flexibility index (Phi) is 12.4. The van der Waals surface area contributed by atoms with Crippen molar-refractivity contribution in [2.24, 2.45) is 4.99 Å². The standard InChI is InChI=1S/C19H31N3O3.HI/c1-3-20-19(21-10-6-12-24-17-9-13-23-15-17)22-11-14-25-18-8-5-4-7-16(18)2;/h4-5,7-8,17H,3,6,9-15H2,1-2H3,(H2,20,21,22);1H. The number of aryl methyl sites for hydroxylation is 1. The summed E-state index contributed by atoms with van der Waals surface area (Å²) in [5.41, 5.74) is 1.15. The molecule has 0 aliphatic carbocycles. The van der Waals surface area contributed by atoms with Gasteiger partial charge in [-0.2, -0.15) is 0 Å². The van der Waals surface area contributed by atoms with Gasteiger partial charge in [-0.3, -0.25) is 4.99 Å². The highest BCUT2D eigenvalue weighted by Crippen LogP contribution is 2.15. The molecule has 0 aromatic heterocycles. The molecule has 0 amide bonds. The fourth-order valence-electron chi connectivity index (χ4n) is 2.54. The number of ether oxygens (including phenoxy) is 3. The molecule has 1 atom stereocenters. The van der Waals surface area contributed by atoms with Gasteiger partial charge in [-0.05, 0) is 38.3 Å². The third-order valence-electron chi connectivity index (χ3n) is 3.90. The Labute approximate surface area is 174 Å². The topological polar surface area (TPSA) is 64.1 Å². The molecule has 1 aliphatic heterocycles. The van der Waals surface area contributed by atoms with Gasteiger partial charge in [0, 0.05) is 26.3 Å². The van der Waals surface area contributed by atoms with Gasteiger partial charge in [0.2, 0.25) is 0 Å². The molecule has 2 rings (SSSR count). The number of hydrogen-bond donors (Lipinski definition) is 2. The van der Waals surface area contributed by atoms with Crippen LogP contribution in [0.2, 0.25) is 0 Å². The lowest BCUT2D eigenvalue weighted by atomic mass is 10.2. The summed E-state index contributed by atoms with van der Waals surface area (Å²) in [6, 6.07) is 8.04. The molecule has 7 heteroatoms. The van der Waals surface area contributed by atoms with Gasteiger partial charge in [-0.1, -0.05) is 18.2 Å². The summed E-state index contributed by atoms with van der Waals surface area (Å²) < 4.78 is 16.8. The van der Waals surface area contributed by atoms with Crippen LogP contribution in [0.15, 0.2) is 29.3 Å². The van der Waals surface area contributed by atoms with E-state index in [0.29, 0.717) is 13.2 Å². The van der Waals surface area contributed by atoms with Crippen LogP contribution < -0.4 is 15.4 Å². The van der Waals surface area contributed by atoms with Crippen LogP contribution in [0.3, 0.4) is 0 Å². The predicted octanol–water partition coefficient (Wildman–Crippen LogP) is 2.74. The first-order valence-corrected chi connectivity index (χ1v) is 9.19. The quantitative estimate of drug-likeness (QED) is 0.235. The van der Waals surface area contributed by atoms with Crippen LogP contribution in [0.25, 0.3) is 0 Å². The van der Waals surface area contributed by atoms with Gasteiger partial charge < -0.3 is 24.8 Å². The molecule has 148 valence electrons. The number of para-hydroxylation sites is 1. The highest BCUT2D eigenvalue weighted by atomic mass is 127. The van der Waals surface area contributed by atoms with Crippen molar-refractivity contribution in [1.29, 1.82) is 0 Å². The average Bonchev–Trinajstić information content (AvgIpc) is 3.13. The molecule has 1 aliphatic rings. The van der Waals surface area contributed by atoms with Crippen LogP contribution >= 0.6 is 24.0 Å². The monoisotopic (exact) mass is 477 g/mol. The van der Waals surface area contributed by atoms with E-state index in [2.05, 4.69) is 22.5 Å². The molecule has 1 fully saturated rings. The van der Waals surface area contributed by atoms with Crippen molar-refractivity contribution in [2.75, 3.05) is 46.1 Å². The summed E-state index contributed by atoms with van der Waals surface area (Å²) in [5, 5.41) is 6.54. The Hall–Kier alpha value is -1.06. The van der Waals surface area contributed by atoms with E-state index in [0.717, 1.165) is 63.0 Å². The minimum absolute atomic E-state index is 0. The fourth-order valence-corrected chi connectivity index (χ4v) is 2.54. The zero-order valence-electron chi connectivity index (χ0n) is 15.8. The lowest BCUT2D eigenvalue weighted by molar-refractivity contribution is 0.0424. The maximum atomic E-state index is 5.79. The number of nitrogens with zero attached hydrogens (tertiary/aromatic N) is 1. The van der Waals surface area contributed by atoms with Crippen molar-refractivity contribution in [3.8, 4) is 5.75 Å². The molecule has 1 heterocycles. The molecule has 1 unspecified atom stereocenters. The fraction of sp³-hybridized carbons (Fsp3) is 0.632. The minimum Gasteiger partial charge on any atom is -0.491 e. The molecular formula is C19H32IN3O3. The zero-order valence-corrected chi connectivity index (χ0v) is 18.2. The number of rotatable bonds is 10. The van der Waals surface area contributed by atoms with Gasteiger partial charge in [0.1, 0.15) is 12.4 Å². The molecule has 0 saturated carbocycles. The summed E-state index contributed by atoms with van der Waals surface area (Å²) in [6.45, 7) is 9.26. The van der Waals surface area contributed by atoms with Gasteiger partial charge in [-0.15, -0.1) is 24.0 Å². The van der Waals surface area contributed by atoms with E-state index in [9.17, 15) is 0 Å². The second-order valence-corrected chi connectivity index (χ2v) is 6.01. The Balaban J connectivity index is 0.00000338. The maximum absolute atomic E-state index is 5.79. The summed E-state index contributed by atoms with van der Waals surface area (Å²) in [6.07, 6.45) is 2.19. The molecule has 1 aromatic carbocycles. The zero-order chi connectivity index (χ0) is 17.7. The minimum atomic E-state index is 0. The van der Waals surface area contributed by atoms with Gasteiger partial charge in [-0.25, -0.2) is 0 Å². The third-order valence-corrected chi connectivity index (χ3v) is 3.90. The molecule has 1 saturated heterocycles. The third kappa shape index (κ3) is 9.05. The van der Waals surface area contributed by atoms with E-state index in [1.54, 1.807) is 0 Å². The largest absolute Gasteiger partial charge is 0.491 e. The van der Waals surface area contributed by atoms with Crippen molar-refractivity contribution in [2.45, 2.75) is 32.8 Å². The second kappa shape index (κ2) is 14.1. The number of nitrogens with one attached hydrogen (secondary N) is 2. The van der Waals surface area contributed by atoms with Crippen molar-refractivity contribution in [3.05, 3.63) is 29.8 Å².